The molecule has 2 atom stereocenters. The second kappa shape index (κ2) is 17.4. The van der Waals surface area contributed by atoms with E-state index in [-0.39, 0.29) is 17.1 Å². The maximum Gasteiger partial charge on any atom is 0.320 e. The average molecular weight is 348 g/mol. The van der Waals surface area contributed by atoms with Crippen molar-refractivity contribution in [3.63, 3.8) is 0 Å². The predicted octanol–water partition coefficient (Wildman–Crippen LogP) is -0.948. The maximum atomic E-state index is 10.1. The molecule has 0 aromatic carbocycles. The first-order valence-electron chi connectivity index (χ1n) is 6.73. The molecular formula is C12H28FeN4O4. The van der Waals surface area contributed by atoms with E-state index in [0.29, 0.717) is 25.9 Å². The first-order valence-corrected chi connectivity index (χ1v) is 6.73. The van der Waals surface area contributed by atoms with Crippen molar-refractivity contribution in [3.05, 3.63) is 0 Å². The Kier molecular flexibility index (Phi) is 20.9. The Labute approximate surface area is 136 Å². The minimum Gasteiger partial charge on any atom is -0.480 e. The van der Waals surface area contributed by atoms with Crippen molar-refractivity contribution in [3.8, 4) is 0 Å². The monoisotopic (exact) mass is 348 g/mol. The van der Waals surface area contributed by atoms with Crippen LogP contribution in [0.4, 0.5) is 0 Å². The summed E-state index contributed by atoms with van der Waals surface area (Å²) in [7, 11) is 0. The standard InChI is InChI=1S/2C6H14N2O2.Fe/c2*7-4-2-1-3-5(8)6(9)10;/h2*5H,1-4,7-8H2,(H,9,10);/t2*5-;/m00./s1. The van der Waals surface area contributed by atoms with Crippen LogP contribution >= 0.6 is 0 Å². The van der Waals surface area contributed by atoms with E-state index < -0.39 is 24.0 Å². The molecule has 0 saturated heterocycles. The van der Waals surface area contributed by atoms with E-state index in [1.807, 2.05) is 0 Å². The first-order chi connectivity index (χ1) is 9.36. The van der Waals surface area contributed by atoms with Crippen LogP contribution in [0.5, 0.6) is 0 Å². The fraction of sp³-hybridized carbons (Fsp3) is 0.833. The largest absolute Gasteiger partial charge is 0.480 e. The van der Waals surface area contributed by atoms with Crippen molar-refractivity contribution in [1.82, 2.24) is 0 Å². The van der Waals surface area contributed by atoms with E-state index in [1.165, 1.54) is 0 Å². The number of unbranched alkanes of at least 4 members (excludes halogenated alkanes) is 2. The molecule has 0 saturated carbocycles. The third-order valence-electron chi connectivity index (χ3n) is 2.57. The molecule has 0 spiro atoms. The van der Waals surface area contributed by atoms with Crippen LogP contribution in [0.15, 0.2) is 0 Å². The summed E-state index contributed by atoms with van der Waals surface area (Å²) in [6.45, 7) is 1.21. The van der Waals surface area contributed by atoms with Crippen molar-refractivity contribution in [1.29, 1.82) is 0 Å². The SMILES string of the molecule is NCCCC[C@H](N)C(=O)O.NCCCC[C@H](N)C(=O)O.[Fe]. The Bertz CT molecular complexity index is 244. The zero-order chi connectivity index (χ0) is 16.0. The van der Waals surface area contributed by atoms with Crippen LogP contribution in [0.25, 0.3) is 0 Å². The summed E-state index contributed by atoms with van der Waals surface area (Å²) in [5.74, 6) is -1.87. The molecule has 0 aliphatic carbocycles. The van der Waals surface area contributed by atoms with E-state index in [0.717, 1.165) is 25.7 Å². The van der Waals surface area contributed by atoms with Crippen LogP contribution in [0, 0.1) is 0 Å². The Hall–Kier alpha value is -0.701. The minimum absolute atomic E-state index is 0. The van der Waals surface area contributed by atoms with E-state index in [1.54, 1.807) is 0 Å². The van der Waals surface area contributed by atoms with Crippen molar-refractivity contribution in [2.75, 3.05) is 13.1 Å². The molecule has 0 rings (SSSR count). The molecule has 0 heterocycles. The van der Waals surface area contributed by atoms with Gasteiger partial charge in [0.25, 0.3) is 0 Å². The number of hydrogen-bond donors (Lipinski definition) is 6. The maximum absolute atomic E-state index is 10.1. The Balaban J connectivity index is -0.000000295. The van der Waals surface area contributed by atoms with Crippen LogP contribution < -0.4 is 22.9 Å². The molecule has 0 unspecified atom stereocenters. The third kappa shape index (κ3) is 19.3. The number of hydrogen-bond acceptors (Lipinski definition) is 6. The number of carboxylic acid groups (broad SMARTS) is 2. The zero-order valence-corrected chi connectivity index (χ0v) is 13.3. The number of rotatable bonds is 10. The van der Waals surface area contributed by atoms with E-state index >= 15 is 0 Å². The summed E-state index contributed by atoms with van der Waals surface area (Å²) in [6.07, 6.45) is 4.33. The number of carboxylic acids is 2. The Morgan fingerprint density at radius 1 is 0.762 bits per heavy atom. The van der Waals surface area contributed by atoms with E-state index in [4.69, 9.17) is 33.1 Å². The van der Waals surface area contributed by atoms with Crippen LogP contribution in [0.1, 0.15) is 38.5 Å². The van der Waals surface area contributed by atoms with Gasteiger partial charge in [-0.1, -0.05) is 12.8 Å². The van der Waals surface area contributed by atoms with Gasteiger partial charge in [0.2, 0.25) is 0 Å². The van der Waals surface area contributed by atoms with Crippen LogP contribution in [0.3, 0.4) is 0 Å². The molecule has 8 nitrogen and oxygen atoms in total. The minimum atomic E-state index is -0.933. The van der Waals surface area contributed by atoms with Crippen molar-refractivity contribution >= 4 is 11.9 Å². The molecule has 9 heteroatoms. The molecule has 128 valence electrons. The molecule has 0 aromatic rings. The summed E-state index contributed by atoms with van der Waals surface area (Å²) in [4.78, 5) is 20.3. The van der Waals surface area contributed by atoms with Crippen LogP contribution in [0.2, 0.25) is 0 Å². The second-order valence-electron chi connectivity index (χ2n) is 4.46. The summed E-state index contributed by atoms with van der Waals surface area (Å²) >= 11 is 0. The quantitative estimate of drug-likeness (QED) is 0.216. The normalized spacial score (nSPS) is 12.4. The Morgan fingerprint density at radius 2 is 1.05 bits per heavy atom. The van der Waals surface area contributed by atoms with Crippen molar-refractivity contribution in [2.24, 2.45) is 22.9 Å². The van der Waals surface area contributed by atoms with Gasteiger partial charge in [0.05, 0.1) is 0 Å². The van der Waals surface area contributed by atoms with Crippen molar-refractivity contribution < 1.29 is 36.9 Å². The average Bonchev–Trinajstić information content (AvgIpc) is 2.39. The number of aliphatic carboxylic acids is 2. The second-order valence-corrected chi connectivity index (χ2v) is 4.46. The molecule has 10 N–H and O–H groups in total. The topological polar surface area (TPSA) is 179 Å². The van der Waals surface area contributed by atoms with Gasteiger partial charge < -0.3 is 33.1 Å². The van der Waals surface area contributed by atoms with Gasteiger partial charge in [-0.2, -0.15) is 0 Å². The van der Waals surface area contributed by atoms with Gasteiger partial charge in [0.15, 0.2) is 0 Å². The molecule has 0 aliphatic heterocycles. The predicted molar refractivity (Wildman–Crippen MR) is 77.0 cm³/mol. The molecule has 21 heavy (non-hydrogen) atoms. The van der Waals surface area contributed by atoms with E-state index in [9.17, 15) is 9.59 Å². The molecule has 0 bridgehead atoms. The summed E-state index contributed by atoms with van der Waals surface area (Å²) in [6, 6.07) is -1.43. The van der Waals surface area contributed by atoms with Crippen molar-refractivity contribution in [2.45, 2.75) is 50.6 Å². The molecule has 0 fully saturated rings. The van der Waals surface area contributed by atoms with Gasteiger partial charge in [0.1, 0.15) is 12.1 Å². The first kappa shape index (κ1) is 25.3. The summed E-state index contributed by atoms with van der Waals surface area (Å²) in [5, 5.41) is 16.7. The molecule has 0 radical (unpaired) electrons. The molecule has 0 aliphatic rings. The summed E-state index contributed by atoms with van der Waals surface area (Å²) in [5.41, 5.74) is 20.8. The van der Waals surface area contributed by atoms with Gasteiger partial charge in [-0.3, -0.25) is 9.59 Å². The Morgan fingerprint density at radius 3 is 1.24 bits per heavy atom. The van der Waals surface area contributed by atoms with Gasteiger partial charge in [-0.25, -0.2) is 0 Å². The number of carbonyl (C=O) groups is 2. The molecule has 0 aromatic heterocycles. The van der Waals surface area contributed by atoms with E-state index in [2.05, 4.69) is 0 Å². The fourth-order valence-electron chi connectivity index (χ4n) is 1.26. The van der Waals surface area contributed by atoms with Gasteiger partial charge in [-0.15, -0.1) is 0 Å². The third-order valence-corrected chi connectivity index (χ3v) is 2.57. The molecule has 0 amide bonds. The smallest absolute Gasteiger partial charge is 0.320 e. The zero-order valence-electron chi connectivity index (χ0n) is 12.2. The van der Waals surface area contributed by atoms with Gasteiger partial charge in [-0.05, 0) is 38.8 Å². The fourth-order valence-corrected chi connectivity index (χ4v) is 1.26. The summed E-state index contributed by atoms with van der Waals surface area (Å²) < 4.78 is 0. The number of nitrogens with two attached hydrogens (primary N) is 4. The van der Waals surface area contributed by atoms with Crippen LogP contribution in [-0.4, -0.2) is 47.3 Å². The molecular weight excluding hydrogens is 320 g/mol. The van der Waals surface area contributed by atoms with Gasteiger partial charge in [0, 0.05) is 17.1 Å². The van der Waals surface area contributed by atoms with Gasteiger partial charge >= 0.3 is 11.9 Å². The van der Waals surface area contributed by atoms with Crippen LogP contribution in [-0.2, 0) is 26.7 Å².